The van der Waals surface area contributed by atoms with Gasteiger partial charge in [-0.25, -0.2) is 9.37 Å². The van der Waals surface area contributed by atoms with E-state index in [-0.39, 0.29) is 10.8 Å². The molecular weight excluding hydrogens is 307 g/mol. The van der Waals surface area contributed by atoms with Crippen LogP contribution in [0.1, 0.15) is 10.6 Å². The standard InChI is InChI=1S/C16H12ClFN2S/c17-13-6-2-4-11(16(13)18)8-15-20-14(9-21-15)10-3-1-5-12(19)7-10/h1-7,9H,8,19H2. The van der Waals surface area contributed by atoms with Crippen LogP contribution in [-0.2, 0) is 6.42 Å². The van der Waals surface area contributed by atoms with Crippen molar-refractivity contribution in [3.05, 3.63) is 69.3 Å². The summed E-state index contributed by atoms with van der Waals surface area (Å²) >= 11 is 7.29. The van der Waals surface area contributed by atoms with Crippen LogP contribution < -0.4 is 5.73 Å². The second kappa shape index (κ2) is 5.84. The van der Waals surface area contributed by atoms with Gasteiger partial charge in [-0.15, -0.1) is 11.3 Å². The molecular formula is C16H12ClFN2S. The molecule has 0 radical (unpaired) electrons. The summed E-state index contributed by atoms with van der Waals surface area (Å²) < 4.78 is 13.9. The van der Waals surface area contributed by atoms with E-state index in [0.29, 0.717) is 17.7 Å². The van der Waals surface area contributed by atoms with Gasteiger partial charge in [0.1, 0.15) is 5.82 Å². The van der Waals surface area contributed by atoms with E-state index in [1.54, 1.807) is 18.2 Å². The summed E-state index contributed by atoms with van der Waals surface area (Å²) in [4.78, 5) is 4.54. The maximum absolute atomic E-state index is 13.9. The Hall–Kier alpha value is -1.91. The van der Waals surface area contributed by atoms with Crippen LogP contribution in [0.3, 0.4) is 0 Å². The van der Waals surface area contributed by atoms with Crippen molar-refractivity contribution in [2.75, 3.05) is 5.73 Å². The van der Waals surface area contributed by atoms with Crippen LogP contribution in [0.5, 0.6) is 0 Å². The summed E-state index contributed by atoms with van der Waals surface area (Å²) in [6.45, 7) is 0. The average molecular weight is 319 g/mol. The number of hydrogen-bond donors (Lipinski definition) is 1. The molecule has 3 rings (SSSR count). The SMILES string of the molecule is Nc1cccc(-c2csc(Cc3cccc(Cl)c3F)n2)c1. The Morgan fingerprint density at radius 2 is 2.00 bits per heavy atom. The minimum absolute atomic E-state index is 0.139. The van der Waals surface area contributed by atoms with Crippen LogP contribution in [0.4, 0.5) is 10.1 Å². The van der Waals surface area contributed by atoms with Gasteiger partial charge in [-0.1, -0.05) is 35.9 Å². The summed E-state index contributed by atoms with van der Waals surface area (Å²) in [6.07, 6.45) is 0.430. The largest absolute Gasteiger partial charge is 0.399 e. The lowest BCUT2D eigenvalue weighted by Gasteiger charge is -2.02. The van der Waals surface area contributed by atoms with Crippen LogP contribution >= 0.6 is 22.9 Å². The maximum Gasteiger partial charge on any atom is 0.145 e. The highest BCUT2D eigenvalue weighted by Gasteiger charge is 2.10. The summed E-state index contributed by atoms with van der Waals surface area (Å²) in [5.74, 6) is -0.375. The fourth-order valence-corrected chi connectivity index (χ4v) is 3.09. The number of halogens is 2. The molecule has 1 aromatic heterocycles. The number of benzene rings is 2. The van der Waals surface area contributed by atoms with Gasteiger partial charge in [-0.3, -0.25) is 0 Å². The zero-order chi connectivity index (χ0) is 14.8. The Morgan fingerprint density at radius 1 is 1.19 bits per heavy atom. The van der Waals surface area contributed by atoms with Gasteiger partial charge in [-0.2, -0.15) is 0 Å². The number of anilines is 1. The molecule has 0 bridgehead atoms. The number of nitrogens with two attached hydrogens (primary N) is 1. The fraction of sp³-hybridized carbons (Fsp3) is 0.0625. The van der Waals surface area contributed by atoms with Crippen molar-refractivity contribution in [2.24, 2.45) is 0 Å². The van der Waals surface area contributed by atoms with Crippen LogP contribution in [0, 0.1) is 5.82 Å². The number of rotatable bonds is 3. The highest BCUT2D eigenvalue weighted by Crippen LogP contribution is 2.26. The van der Waals surface area contributed by atoms with Crippen LogP contribution in [0.25, 0.3) is 11.3 Å². The van der Waals surface area contributed by atoms with Crippen molar-refractivity contribution >= 4 is 28.6 Å². The molecule has 0 saturated carbocycles. The molecule has 2 aromatic carbocycles. The molecule has 0 atom stereocenters. The molecule has 21 heavy (non-hydrogen) atoms. The highest BCUT2D eigenvalue weighted by atomic mass is 35.5. The average Bonchev–Trinajstić information content (AvgIpc) is 2.93. The Balaban J connectivity index is 1.87. The summed E-state index contributed by atoms with van der Waals surface area (Å²) in [5, 5.41) is 2.93. The zero-order valence-electron chi connectivity index (χ0n) is 11.0. The molecule has 0 fully saturated rings. The van der Waals surface area contributed by atoms with Gasteiger partial charge in [0.05, 0.1) is 15.7 Å². The Bertz CT molecular complexity index is 785. The van der Waals surface area contributed by atoms with Crippen molar-refractivity contribution < 1.29 is 4.39 Å². The molecule has 0 aliphatic rings. The predicted molar refractivity (Wildman–Crippen MR) is 86.2 cm³/mol. The molecule has 3 aromatic rings. The predicted octanol–water partition coefficient (Wildman–Crippen LogP) is 4.78. The topological polar surface area (TPSA) is 38.9 Å². The third kappa shape index (κ3) is 3.06. The van der Waals surface area contributed by atoms with Crippen molar-refractivity contribution in [1.29, 1.82) is 0 Å². The lowest BCUT2D eigenvalue weighted by molar-refractivity contribution is 0.614. The van der Waals surface area contributed by atoms with Gasteiger partial charge < -0.3 is 5.73 Å². The minimum Gasteiger partial charge on any atom is -0.399 e. The van der Waals surface area contributed by atoms with Crippen LogP contribution in [-0.4, -0.2) is 4.98 Å². The monoisotopic (exact) mass is 318 g/mol. The molecule has 106 valence electrons. The fourth-order valence-electron chi connectivity index (χ4n) is 2.07. The Kier molecular flexibility index (Phi) is 3.90. The number of thiazole rings is 1. The van der Waals surface area contributed by atoms with E-state index in [1.807, 2.05) is 29.6 Å². The summed E-state index contributed by atoms with van der Waals surface area (Å²) in [5.41, 5.74) is 8.84. The number of nitrogens with zero attached hydrogens (tertiary/aromatic N) is 1. The van der Waals surface area contributed by atoms with E-state index in [2.05, 4.69) is 4.98 Å². The van der Waals surface area contributed by atoms with E-state index in [4.69, 9.17) is 17.3 Å². The first kappa shape index (κ1) is 14.0. The molecule has 0 amide bonds. The van der Waals surface area contributed by atoms with E-state index >= 15 is 0 Å². The third-order valence-corrected chi connectivity index (χ3v) is 4.25. The minimum atomic E-state index is -0.375. The van der Waals surface area contributed by atoms with Gasteiger partial charge >= 0.3 is 0 Å². The zero-order valence-corrected chi connectivity index (χ0v) is 12.6. The Labute approximate surface area is 131 Å². The molecule has 0 saturated heterocycles. The van der Waals surface area contributed by atoms with Gasteiger partial charge in [0.2, 0.25) is 0 Å². The Morgan fingerprint density at radius 3 is 2.81 bits per heavy atom. The summed E-state index contributed by atoms with van der Waals surface area (Å²) in [7, 11) is 0. The van der Waals surface area contributed by atoms with Crippen molar-refractivity contribution in [2.45, 2.75) is 6.42 Å². The van der Waals surface area contributed by atoms with Crippen molar-refractivity contribution in [1.82, 2.24) is 4.98 Å². The van der Waals surface area contributed by atoms with Gasteiger partial charge in [-0.05, 0) is 23.8 Å². The van der Waals surface area contributed by atoms with Crippen LogP contribution in [0.2, 0.25) is 5.02 Å². The van der Waals surface area contributed by atoms with E-state index in [1.165, 1.54) is 11.3 Å². The second-order valence-electron chi connectivity index (χ2n) is 4.64. The second-order valence-corrected chi connectivity index (χ2v) is 5.99. The molecule has 0 aliphatic heterocycles. The molecule has 1 heterocycles. The van der Waals surface area contributed by atoms with E-state index in [0.717, 1.165) is 16.3 Å². The first-order valence-electron chi connectivity index (χ1n) is 6.36. The van der Waals surface area contributed by atoms with Gasteiger partial charge in [0.15, 0.2) is 0 Å². The lowest BCUT2D eigenvalue weighted by Crippen LogP contribution is -1.93. The third-order valence-electron chi connectivity index (χ3n) is 3.11. The lowest BCUT2D eigenvalue weighted by atomic mass is 10.1. The molecule has 0 spiro atoms. The number of hydrogen-bond acceptors (Lipinski definition) is 3. The van der Waals surface area contributed by atoms with E-state index < -0.39 is 0 Å². The maximum atomic E-state index is 13.9. The molecule has 2 N–H and O–H groups in total. The summed E-state index contributed by atoms with van der Waals surface area (Å²) in [6, 6.07) is 12.6. The smallest absolute Gasteiger partial charge is 0.145 e. The molecule has 2 nitrogen and oxygen atoms in total. The molecule has 5 heteroatoms. The first-order chi connectivity index (χ1) is 10.1. The molecule has 0 aliphatic carbocycles. The molecule has 0 unspecified atom stereocenters. The number of aromatic nitrogens is 1. The van der Waals surface area contributed by atoms with Crippen molar-refractivity contribution in [3.8, 4) is 11.3 Å². The quantitative estimate of drug-likeness (QED) is 0.706. The first-order valence-corrected chi connectivity index (χ1v) is 7.62. The number of nitrogen functional groups attached to an aromatic ring is 1. The van der Waals surface area contributed by atoms with Gasteiger partial charge in [0, 0.05) is 23.1 Å². The van der Waals surface area contributed by atoms with E-state index in [9.17, 15) is 4.39 Å². The normalized spacial score (nSPS) is 10.8. The van der Waals surface area contributed by atoms with Crippen LogP contribution in [0.15, 0.2) is 47.8 Å². The van der Waals surface area contributed by atoms with Crippen molar-refractivity contribution in [3.63, 3.8) is 0 Å². The van der Waals surface area contributed by atoms with Gasteiger partial charge in [0.25, 0.3) is 0 Å². The highest BCUT2D eigenvalue weighted by molar-refractivity contribution is 7.10.